The molecule has 1 aliphatic heterocycles. The Hall–Kier alpha value is -1.06. The summed E-state index contributed by atoms with van der Waals surface area (Å²) in [6.07, 6.45) is 2.94. The van der Waals surface area contributed by atoms with E-state index in [4.69, 9.17) is 9.84 Å². The van der Waals surface area contributed by atoms with Gasteiger partial charge in [0.2, 0.25) is 0 Å². The van der Waals surface area contributed by atoms with Crippen molar-refractivity contribution in [2.45, 2.75) is 39.2 Å². The first-order valence-corrected chi connectivity index (χ1v) is 7.18. The van der Waals surface area contributed by atoms with E-state index in [9.17, 15) is 0 Å². The average Bonchev–Trinajstić information content (AvgIpc) is 2.43. The van der Waals surface area contributed by atoms with Crippen LogP contribution in [0, 0.1) is 5.41 Å². The van der Waals surface area contributed by atoms with Crippen LogP contribution < -0.4 is 10.1 Å². The van der Waals surface area contributed by atoms with E-state index in [0.29, 0.717) is 6.04 Å². The van der Waals surface area contributed by atoms with Crippen LogP contribution in [0.15, 0.2) is 24.3 Å². The molecule has 0 radical (unpaired) electrons. The molecule has 0 aliphatic carbocycles. The molecule has 1 atom stereocenters. The molecule has 2 rings (SSSR count). The van der Waals surface area contributed by atoms with Crippen LogP contribution in [0.25, 0.3) is 0 Å². The number of rotatable bonds is 6. The van der Waals surface area contributed by atoms with Gasteiger partial charge in [-0.15, -0.1) is 0 Å². The Morgan fingerprint density at radius 3 is 2.95 bits per heavy atom. The fourth-order valence-electron chi connectivity index (χ4n) is 2.60. The van der Waals surface area contributed by atoms with E-state index in [-0.39, 0.29) is 12.0 Å². The van der Waals surface area contributed by atoms with Crippen LogP contribution >= 0.6 is 0 Å². The van der Waals surface area contributed by atoms with Crippen LogP contribution in [0.3, 0.4) is 0 Å². The second-order valence-corrected chi connectivity index (χ2v) is 6.10. The summed E-state index contributed by atoms with van der Waals surface area (Å²) in [4.78, 5) is 0. The Balaban J connectivity index is 1.94. The standard InChI is InChI=1S/C16H25NO2/c1-16(2,9-5-10-18)12-17-14-8-11-19-15-7-4-3-6-13(14)15/h3-4,6-7,14,17-18H,5,8-12H2,1-2H3. The molecule has 0 spiro atoms. The molecule has 0 saturated heterocycles. The predicted octanol–water partition coefficient (Wildman–Crippen LogP) is 2.90. The maximum absolute atomic E-state index is 8.94. The molecular weight excluding hydrogens is 238 g/mol. The predicted molar refractivity (Wildman–Crippen MR) is 77.4 cm³/mol. The van der Waals surface area contributed by atoms with Gasteiger partial charge < -0.3 is 15.2 Å². The highest BCUT2D eigenvalue weighted by Crippen LogP contribution is 2.32. The number of nitrogens with one attached hydrogen (secondary N) is 1. The van der Waals surface area contributed by atoms with E-state index < -0.39 is 0 Å². The van der Waals surface area contributed by atoms with Crippen LogP contribution in [0.5, 0.6) is 5.75 Å². The molecule has 0 aromatic heterocycles. The highest BCUT2D eigenvalue weighted by atomic mass is 16.5. The number of aliphatic hydroxyl groups is 1. The molecular formula is C16H25NO2. The number of fused-ring (bicyclic) bond motifs is 1. The van der Waals surface area contributed by atoms with Crippen LogP contribution in [-0.4, -0.2) is 24.9 Å². The lowest BCUT2D eigenvalue weighted by molar-refractivity contribution is 0.213. The zero-order valence-electron chi connectivity index (χ0n) is 12.0. The minimum absolute atomic E-state index is 0.218. The monoisotopic (exact) mass is 263 g/mol. The molecule has 1 heterocycles. The number of aliphatic hydroxyl groups excluding tert-OH is 1. The molecule has 1 aliphatic rings. The molecule has 3 nitrogen and oxygen atoms in total. The van der Waals surface area contributed by atoms with E-state index in [1.807, 2.05) is 12.1 Å². The van der Waals surface area contributed by atoms with Gasteiger partial charge in [0.25, 0.3) is 0 Å². The summed E-state index contributed by atoms with van der Waals surface area (Å²) < 4.78 is 5.68. The van der Waals surface area contributed by atoms with Crippen LogP contribution in [0.2, 0.25) is 0 Å². The van der Waals surface area contributed by atoms with E-state index in [1.165, 1.54) is 5.56 Å². The van der Waals surface area contributed by atoms with E-state index in [2.05, 4.69) is 31.3 Å². The molecule has 1 aromatic carbocycles. The van der Waals surface area contributed by atoms with Crippen molar-refractivity contribution < 1.29 is 9.84 Å². The lowest BCUT2D eigenvalue weighted by Crippen LogP contribution is -2.34. The normalized spacial score (nSPS) is 18.8. The Bertz CT molecular complexity index is 403. The van der Waals surface area contributed by atoms with E-state index in [1.54, 1.807) is 0 Å². The Morgan fingerprint density at radius 1 is 1.37 bits per heavy atom. The van der Waals surface area contributed by atoms with Crippen molar-refractivity contribution in [3.63, 3.8) is 0 Å². The van der Waals surface area contributed by atoms with Gasteiger partial charge in [-0.1, -0.05) is 32.0 Å². The molecule has 1 unspecified atom stereocenters. The minimum Gasteiger partial charge on any atom is -0.493 e. The average molecular weight is 263 g/mol. The third kappa shape index (κ3) is 3.95. The van der Waals surface area contributed by atoms with Crippen LogP contribution in [0.4, 0.5) is 0 Å². The Morgan fingerprint density at radius 2 is 2.16 bits per heavy atom. The van der Waals surface area contributed by atoms with Crippen molar-refractivity contribution in [3.8, 4) is 5.75 Å². The third-order valence-corrected chi connectivity index (χ3v) is 3.80. The fraction of sp³-hybridized carbons (Fsp3) is 0.625. The quantitative estimate of drug-likeness (QED) is 0.829. The molecule has 106 valence electrons. The summed E-state index contributed by atoms with van der Waals surface area (Å²) in [7, 11) is 0. The van der Waals surface area contributed by atoms with Gasteiger partial charge in [0, 0.05) is 31.2 Å². The number of ether oxygens (including phenoxy) is 1. The first-order chi connectivity index (χ1) is 9.12. The first-order valence-electron chi connectivity index (χ1n) is 7.18. The maximum atomic E-state index is 8.94. The van der Waals surface area contributed by atoms with Gasteiger partial charge in [-0.05, 0) is 24.3 Å². The maximum Gasteiger partial charge on any atom is 0.124 e. The zero-order chi connectivity index (χ0) is 13.7. The summed E-state index contributed by atoms with van der Waals surface area (Å²) in [5.41, 5.74) is 1.49. The van der Waals surface area contributed by atoms with Gasteiger partial charge in [-0.25, -0.2) is 0 Å². The Kier molecular flexibility index (Phi) is 4.83. The zero-order valence-corrected chi connectivity index (χ0v) is 12.0. The smallest absolute Gasteiger partial charge is 0.124 e. The van der Waals surface area contributed by atoms with Crippen molar-refractivity contribution in [2.24, 2.45) is 5.41 Å². The van der Waals surface area contributed by atoms with E-state index in [0.717, 1.165) is 38.2 Å². The van der Waals surface area contributed by atoms with E-state index >= 15 is 0 Å². The van der Waals surface area contributed by atoms with Gasteiger partial charge in [0.05, 0.1) is 6.61 Å². The first kappa shape index (κ1) is 14.4. The largest absolute Gasteiger partial charge is 0.493 e. The number of hydrogen-bond acceptors (Lipinski definition) is 3. The van der Waals surface area contributed by atoms with Crippen LogP contribution in [-0.2, 0) is 0 Å². The summed E-state index contributed by atoms with van der Waals surface area (Å²) in [6, 6.07) is 8.66. The molecule has 19 heavy (non-hydrogen) atoms. The van der Waals surface area contributed by atoms with Crippen molar-refractivity contribution in [1.29, 1.82) is 0 Å². The summed E-state index contributed by atoms with van der Waals surface area (Å²) in [5, 5.41) is 12.6. The second-order valence-electron chi connectivity index (χ2n) is 6.10. The number of hydrogen-bond donors (Lipinski definition) is 2. The third-order valence-electron chi connectivity index (χ3n) is 3.80. The topological polar surface area (TPSA) is 41.5 Å². The van der Waals surface area contributed by atoms with Crippen molar-refractivity contribution in [3.05, 3.63) is 29.8 Å². The highest BCUT2D eigenvalue weighted by Gasteiger charge is 2.24. The molecule has 1 aromatic rings. The number of para-hydroxylation sites is 1. The minimum atomic E-state index is 0.218. The van der Waals surface area contributed by atoms with Gasteiger partial charge in [0.15, 0.2) is 0 Å². The van der Waals surface area contributed by atoms with Crippen LogP contribution in [0.1, 0.15) is 44.7 Å². The SMILES string of the molecule is CC(C)(CCCO)CNC1CCOc2ccccc21. The van der Waals surface area contributed by atoms with Gasteiger partial charge in [-0.3, -0.25) is 0 Å². The lowest BCUT2D eigenvalue weighted by Gasteiger charge is -2.31. The molecule has 0 saturated carbocycles. The van der Waals surface area contributed by atoms with Crippen molar-refractivity contribution >= 4 is 0 Å². The number of benzene rings is 1. The molecule has 0 bridgehead atoms. The summed E-state index contributed by atoms with van der Waals surface area (Å²) in [5.74, 6) is 1.01. The van der Waals surface area contributed by atoms with Gasteiger partial charge in [0.1, 0.15) is 5.75 Å². The lowest BCUT2D eigenvalue weighted by atomic mass is 9.87. The Labute approximate surface area is 116 Å². The van der Waals surface area contributed by atoms with Crippen molar-refractivity contribution in [1.82, 2.24) is 5.32 Å². The molecule has 0 amide bonds. The molecule has 0 fully saturated rings. The second kappa shape index (κ2) is 6.40. The van der Waals surface area contributed by atoms with Crippen molar-refractivity contribution in [2.75, 3.05) is 19.8 Å². The summed E-state index contributed by atoms with van der Waals surface area (Å²) >= 11 is 0. The summed E-state index contributed by atoms with van der Waals surface area (Å²) in [6.45, 7) is 6.53. The fourth-order valence-corrected chi connectivity index (χ4v) is 2.60. The molecule has 2 N–H and O–H groups in total. The molecule has 3 heteroatoms. The highest BCUT2D eigenvalue weighted by molar-refractivity contribution is 5.37. The van der Waals surface area contributed by atoms with Gasteiger partial charge in [-0.2, -0.15) is 0 Å². The van der Waals surface area contributed by atoms with Gasteiger partial charge >= 0.3 is 0 Å².